The first kappa shape index (κ1) is 20.4. The third kappa shape index (κ3) is 4.44. The number of halogens is 1. The monoisotopic (exact) mass is 443 g/mol. The molecule has 7 heteroatoms. The number of nitrogens with zero attached hydrogens (tertiary/aromatic N) is 1. The average Bonchev–Trinajstić information content (AvgIpc) is 3.05. The number of para-hydroxylation sites is 1. The molecule has 0 spiro atoms. The van der Waals surface area contributed by atoms with Crippen LogP contribution < -0.4 is 0 Å². The highest BCUT2D eigenvalue weighted by molar-refractivity contribution is 8.93. The highest BCUT2D eigenvalue weighted by Gasteiger charge is 2.50. The van der Waals surface area contributed by atoms with Crippen LogP contribution in [0.15, 0.2) is 28.6 Å². The summed E-state index contributed by atoms with van der Waals surface area (Å²) in [5, 5.41) is 0. The maximum atomic E-state index is 12.8. The number of thiazole rings is 1. The van der Waals surface area contributed by atoms with Gasteiger partial charge in [-0.3, -0.25) is 9.59 Å². The molecule has 3 rings (SSSR count). The van der Waals surface area contributed by atoms with Crippen molar-refractivity contribution >= 4 is 62.0 Å². The van der Waals surface area contributed by atoms with Gasteiger partial charge in [0.05, 0.1) is 22.4 Å². The van der Waals surface area contributed by atoms with E-state index >= 15 is 0 Å². The number of aromatic nitrogens is 1. The SMILES string of the molecule is Br.CC(C)CC1CC(=O)OC1(C)C(=O)CSc1nc2ccccc2s1. The second-order valence-electron chi connectivity index (χ2n) is 6.77. The Kier molecular flexibility index (Phi) is 6.68. The molecule has 2 atom stereocenters. The van der Waals surface area contributed by atoms with Crippen LogP contribution in [0, 0.1) is 11.8 Å². The molecule has 1 aliphatic rings. The molecule has 1 fully saturated rings. The minimum atomic E-state index is -0.995. The van der Waals surface area contributed by atoms with Gasteiger partial charge in [0, 0.05) is 5.92 Å². The molecule has 0 bridgehead atoms. The Morgan fingerprint density at radius 1 is 1.44 bits per heavy atom. The number of fused-ring (bicyclic) bond motifs is 1. The second-order valence-corrected chi connectivity index (χ2v) is 9.02. The largest absolute Gasteiger partial charge is 0.451 e. The van der Waals surface area contributed by atoms with Crippen LogP contribution in [0.3, 0.4) is 0 Å². The Morgan fingerprint density at radius 2 is 2.16 bits per heavy atom. The summed E-state index contributed by atoms with van der Waals surface area (Å²) >= 11 is 3.01. The van der Waals surface area contributed by atoms with Gasteiger partial charge in [0.25, 0.3) is 0 Å². The van der Waals surface area contributed by atoms with Gasteiger partial charge in [-0.2, -0.15) is 0 Å². The number of rotatable bonds is 6. The zero-order valence-electron chi connectivity index (χ0n) is 14.5. The first-order chi connectivity index (χ1) is 11.4. The van der Waals surface area contributed by atoms with Crippen molar-refractivity contribution < 1.29 is 14.3 Å². The predicted molar refractivity (Wildman–Crippen MR) is 108 cm³/mol. The van der Waals surface area contributed by atoms with Crippen LogP contribution in [-0.4, -0.2) is 28.1 Å². The van der Waals surface area contributed by atoms with Crippen LogP contribution in [-0.2, 0) is 14.3 Å². The Bertz CT molecular complexity index is 744. The zero-order valence-corrected chi connectivity index (χ0v) is 17.8. The molecule has 0 amide bonds. The van der Waals surface area contributed by atoms with Crippen LogP contribution in [0.2, 0.25) is 0 Å². The molecule has 2 heterocycles. The van der Waals surface area contributed by atoms with Crippen LogP contribution in [0.1, 0.15) is 33.6 Å². The van der Waals surface area contributed by atoms with Gasteiger partial charge >= 0.3 is 5.97 Å². The van der Waals surface area contributed by atoms with E-state index in [4.69, 9.17) is 4.74 Å². The third-order valence-electron chi connectivity index (χ3n) is 4.43. The Labute approximate surface area is 166 Å². The normalized spacial score (nSPS) is 22.9. The number of ketones is 1. The topological polar surface area (TPSA) is 56.3 Å². The van der Waals surface area contributed by atoms with Crippen molar-refractivity contribution in [1.29, 1.82) is 0 Å². The molecule has 1 aliphatic heterocycles. The Hall–Kier alpha value is -0.920. The van der Waals surface area contributed by atoms with Gasteiger partial charge in [0.15, 0.2) is 15.7 Å². The number of ether oxygens (including phenoxy) is 1. The Morgan fingerprint density at radius 3 is 2.84 bits per heavy atom. The van der Waals surface area contributed by atoms with E-state index < -0.39 is 5.60 Å². The second kappa shape index (κ2) is 8.18. The number of hydrogen-bond donors (Lipinski definition) is 0. The van der Waals surface area contributed by atoms with E-state index in [1.165, 1.54) is 11.8 Å². The summed E-state index contributed by atoms with van der Waals surface area (Å²) in [6, 6.07) is 7.93. The molecule has 2 aromatic rings. The summed E-state index contributed by atoms with van der Waals surface area (Å²) in [5.41, 5.74) is -0.0426. The van der Waals surface area contributed by atoms with Crippen LogP contribution in [0.4, 0.5) is 0 Å². The summed E-state index contributed by atoms with van der Waals surface area (Å²) in [5.74, 6) is 0.379. The highest BCUT2D eigenvalue weighted by Crippen LogP contribution is 2.39. The smallest absolute Gasteiger partial charge is 0.307 e. The van der Waals surface area contributed by atoms with Crippen molar-refractivity contribution in [2.75, 3.05) is 5.75 Å². The van der Waals surface area contributed by atoms with Gasteiger partial charge < -0.3 is 4.74 Å². The number of carbonyl (C=O) groups excluding carboxylic acids is 2. The van der Waals surface area contributed by atoms with E-state index in [2.05, 4.69) is 18.8 Å². The van der Waals surface area contributed by atoms with Crippen LogP contribution >= 0.6 is 40.1 Å². The molecule has 1 aromatic carbocycles. The first-order valence-electron chi connectivity index (χ1n) is 8.12. The fourth-order valence-electron chi connectivity index (χ4n) is 3.10. The van der Waals surface area contributed by atoms with Crippen molar-refractivity contribution in [2.24, 2.45) is 11.8 Å². The summed E-state index contributed by atoms with van der Waals surface area (Å²) in [6.45, 7) is 5.97. The fourth-order valence-corrected chi connectivity index (χ4v) is 5.19. The molecule has 0 N–H and O–H groups in total. The molecule has 1 saturated heterocycles. The van der Waals surface area contributed by atoms with Crippen molar-refractivity contribution in [3.05, 3.63) is 24.3 Å². The van der Waals surface area contributed by atoms with Crippen LogP contribution in [0.5, 0.6) is 0 Å². The van der Waals surface area contributed by atoms with Gasteiger partial charge in [0.2, 0.25) is 0 Å². The van der Waals surface area contributed by atoms with E-state index in [9.17, 15) is 9.59 Å². The third-order valence-corrected chi connectivity index (χ3v) is 6.61. The summed E-state index contributed by atoms with van der Waals surface area (Å²) in [4.78, 5) is 29.1. The number of hydrogen-bond acceptors (Lipinski definition) is 6. The molecule has 0 aliphatic carbocycles. The predicted octanol–water partition coefficient (Wildman–Crippen LogP) is 4.90. The minimum Gasteiger partial charge on any atom is -0.451 e. The number of Topliss-reactive ketones (excluding diaryl/α,β-unsaturated/α-hetero) is 1. The highest BCUT2D eigenvalue weighted by atomic mass is 79.9. The summed E-state index contributed by atoms with van der Waals surface area (Å²) < 4.78 is 7.44. The molecule has 4 nitrogen and oxygen atoms in total. The van der Waals surface area contributed by atoms with E-state index in [-0.39, 0.29) is 40.4 Å². The molecule has 1 aromatic heterocycles. The van der Waals surface area contributed by atoms with Gasteiger partial charge in [-0.05, 0) is 31.4 Å². The summed E-state index contributed by atoms with van der Waals surface area (Å²) in [6.07, 6.45) is 1.16. The summed E-state index contributed by atoms with van der Waals surface area (Å²) in [7, 11) is 0. The number of esters is 1. The lowest BCUT2D eigenvalue weighted by Gasteiger charge is -2.28. The fraction of sp³-hybridized carbons (Fsp3) is 0.500. The molecular weight excluding hydrogens is 422 g/mol. The molecule has 136 valence electrons. The van der Waals surface area contributed by atoms with E-state index in [1.54, 1.807) is 18.3 Å². The van der Waals surface area contributed by atoms with Gasteiger partial charge in [-0.1, -0.05) is 37.7 Å². The maximum absolute atomic E-state index is 12.8. The molecule has 0 saturated carbocycles. The van der Waals surface area contributed by atoms with Crippen LogP contribution in [0.25, 0.3) is 10.2 Å². The number of benzene rings is 1. The zero-order chi connectivity index (χ0) is 17.3. The standard InChI is InChI=1S/C18H21NO3S2.BrH/c1-11(2)8-12-9-16(21)22-18(12,3)15(20)10-23-17-19-13-6-4-5-7-14(13)24-17;/h4-7,11-12H,8-10H2,1-3H3;1H. The first-order valence-corrected chi connectivity index (χ1v) is 9.92. The molecule has 0 radical (unpaired) electrons. The maximum Gasteiger partial charge on any atom is 0.307 e. The number of carbonyl (C=O) groups is 2. The van der Waals surface area contributed by atoms with Crippen molar-refractivity contribution in [2.45, 2.75) is 43.6 Å². The van der Waals surface area contributed by atoms with Crippen molar-refractivity contribution in [3.63, 3.8) is 0 Å². The lowest BCUT2D eigenvalue weighted by Crippen LogP contribution is -2.42. The lowest BCUT2D eigenvalue weighted by atomic mass is 9.80. The molecular formula is C18H22BrNO3S2. The Balaban J connectivity index is 0.00000225. The van der Waals surface area contributed by atoms with Gasteiger partial charge in [0.1, 0.15) is 0 Å². The molecule has 2 unspecified atom stereocenters. The lowest BCUT2D eigenvalue weighted by molar-refractivity contribution is -0.156. The number of cyclic esters (lactones) is 1. The van der Waals surface area contributed by atoms with E-state index in [0.29, 0.717) is 12.3 Å². The quantitative estimate of drug-likeness (QED) is 0.469. The van der Waals surface area contributed by atoms with Gasteiger partial charge in [-0.15, -0.1) is 28.3 Å². The van der Waals surface area contributed by atoms with Crippen molar-refractivity contribution in [1.82, 2.24) is 4.98 Å². The number of thioether (sulfide) groups is 1. The van der Waals surface area contributed by atoms with E-state index in [1.807, 2.05) is 24.3 Å². The van der Waals surface area contributed by atoms with Gasteiger partial charge in [-0.25, -0.2) is 4.98 Å². The van der Waals surface area contributed by atoms with Crippen molar-refractivity contribution in [3.8, 4) is 0 Å². The average molecular weight is 444 g/mol. The molecule has 25 heavy (non-hydrogen) atoms. The minimum absolute atomic E-state index is 0. The van der Waals surface area contributed by atoms with E-state index in [0.717, 1.165) is 21.0 Å².